The number of hydrogen-bond acceptors (Lipinski definition) is 3. The molecule has 0 aliphatic heterocycles. The highest BCUT2D eigenvalue weighted by atomic mass is 79.9. The summed E-state index contributed by atoms with van der Waals surface area (Å²) in [5.41, 5.74) is 0.917. The summed E-state index contributed by atoms with van der Waals surface area (Å²) in [5.74, 6) is 0.0284. The standard InChI is InChI=1S/C11H11BrN2OS/c1-2-3-10(15)14-11-13-8-5-4-7(12)6-9(8)16-11/h4-6H,2-3H2,1H3,(H,13,14,15). The zero-order chi connectivity index (χ0) is 11.5. The van der Waals surface area contributed by atoms with E-state index in [1.54, 1.807) is 0 Å². The molecule has 0 spiro atoms. The normalized spacial score (nSPS) is 10.6. The Kier molecular flexibility index (Phi) is 3.56. The molecule has 5 heteroatoms. The SMILES string of the molecule is CCCC(=O)Nc1nc2ccc(Br)cc2s1. The van der Waals surface area contributed by atoms with Gasteiger partial charge in [0.15, 0.2) is 5.13 Å². The number of anilines is 1. The molecule has 0 aliphatic rings. The van der Waals surface area contributed by atoms with E-state index in [-0.39, 0.29) is 5.91 Å². The molecule has 1 heterocycles. The Hall–Kier alpha value is -0.940. The van der Waals surface area contributed by atoms with Crippen LogP contribution in [0, 0.1) is 0 Å². The maximum Gasteiger partial charge on any atom is 0.226 e. The molecule has 1 aromatic carbocycles. The van der Waals surface area contributed by atoms with Crippen LogP contribution in [0.3, 0.4) is 0 Å². The molecule has 0 aliphatic carbocycles. The third kappa shape index (κ3) is 2.59. The third-order valence-electron chi connectivity index (χ3n) is 2.07. The van der Waals surface area contributed by atoms with Crippen LogP contribution in [0.4, 0.5) is 5.13 Å². The van der Waals surface area contributed by atoms with Gasteiger partial charge in [0.2, 0.25) is 5.91 Å². The lowest BCUT2D eigenvalue weighted by molar-refractivity contribution is -0.116. The van der Waals surface area contributed by atoms with Crippen LogP contribution in [-0.2, 0) is 4.79 Å². The summed E-state index contributed by atoms with van der Waals surface area (Å²) in [7, 11) is 0. The van der Waals surface area contributed by atoms with E-state index in [1.165, 1.54) is 11.3 Å². The quantitative estimate of drug-likeness (QED) is 0.936. The second kappa shape index (κ2) is 4.93. The van der Waals surface area contributed by atoms with Crippen molar-refractivity contribution in [3.8, 4) is 0 Å². The first-order valence-corrected chi connectivity index (χ1v) is 6.66. The molecule has 1 N–H and O–H groups in total. The van der Waals surface area contributed by atoms with Crippen LogP contribution in [0.5, 0.6) is 0 Å². The lowest BCUT2D eigenvalue weighted by atomic mass is 10.3. The molecule has 3 nitrogen and oxygen atoms in total. The number of thiazole rings is 1. The van der Waals surface area contributed by atoms with E-state index in [4.69, 9.17) is 0 Å². The zero-order valence-corrected chi connectivity index (χ0v) is 11.2. The van der Waals surface area contributed by atoms with Gasteiger partial charge in [-0.25, -0.2) is 4.98 Å². The Labute approximate surface area is 106 Å². The van der Waals surface area contributed by atoms with E-state index in [1.807, 2.05) is 25.1 Å². The maximum absolute atomic E-state index is 11.4. The minimum atomic E-state index is 0.0284. The number of hydrogen-bond donors (Lipinski definition) is 1. The Morgan fingerprint density at radius 3 is 3.12 bits per heavy atom. The van der Waals surface area contributed by atoms with Gasteiger partial charge in [0.1, 0.15) is 0 Å². The van der Waals surface area contributed by atoms with Crippen molar-refractivity contribution in [3.63, 3.8) is 0 Å². The van der Waals surface area contributed by atoms with Gasteiger partial charge in [0.25, 0.3) is 0 Å². The van der Waals surface area contributed by atoms with Crippen molar-refractivity contribution in [1.29, 1.82) is 0 Å². The first kappa shape index (κ1) is 11.5. The van der Waals surface area contributed by atoms with Gasteiger partial charge in [-0.15, -0.1) is 0 Å². The highest BCUT2D eigenvalue weighted by Gasteiger charge is 2.06. The van der Waals surface area contributed by atoms with Crippen molar-refractivity contribution in [2.45, 2.75) is 19.8 Å². The number of aromatic nitrogens is 1. The van der Waals surface area contributed by atoms with Gasteiger partial charge in [-0.1, -0.05) is 34.2 Å². The molecule has 0 fully saturated rings. The second-order valence-electron chi connectivity index (χ2n) is 3.43. The molecule has 16 heavy (non-hydrogen) atoms. The van der Waals surface area contributed by atoms with Crippen molar-refractivity contribution in [2.75, 3.05) is 5.32 Å². The highest BCUT2D eigenvalue weighted by Crippen LogP contribution is 2.28. The van der Waals surface area contributed by atoms with Crippen LogP contribution < -0.4 is 5.32 Å². The fourth-order valence-corrected chi connectivity index (χ4v) is 2.79. The molecule has 0 saturated carbocycles. The van der Waals surface area contributed by atoms with Crippen molar-refractivity contribution < 1.29 is 4.79 Å². The summed E-state index contributed by atoms with van der Waals surface area (Å²) in [6, 6.07) is 5.88. The maximum atomic E-state index is 11.4. The first-order valence-electron chi connectivity index (χ1n) is 5.05. The van der Waals surface area contributed by atoms with Crippen molar-refractivity contribution in [2.24, 2.45) is 0 Å². The molecular weight excluding hydrogens is 288 g/mol. The predicted molar refractivity (Wildman–Crippen MR) is 70.9 cm³/mol. The van der Waals surface area contributed by atoms with E-state index >= 15 is 0 Å². The van der Waals surface area contributed by atoms with E-state index in [2.05, 4.69) is 26.2 Å². The summed E-state index contributed by atoms with van der Waals surface area (Å²) in [5, 5.41) is 3.48. The Morgan fingerprint density at radius 2 is 2.38 bits per heavy atom. The number of amides is 1. The molecule has 2 rings (SSSR count). The molecule has 0 atom stereocenters. The lowest BCUT2D eigenvalue weighted by Gasteiger charge is -1.97. The number of benzene rings is 1. The van der Waals surface area contributed by atoms with Crippen molar-refractivity contribution in [3.05, 3.63) is 22.7 Å². The van der Waals surface area contributed by atoms with Gasteiger partial charge in [-0.3, -0.25) is 4.79 Å². The minimum absolute atomic E-state index is 0.0284. The number of carbonyl (C=O) groups is 1. The van der Waals surface area contributed by atoms with Crippen LogP contribution in [-0.4, -0.2) is 10.9 Å². The fourth-order valence-electron chi connectivity index (χ4n) is 1.36. The number of fused-ring (bicyclic) bond motifs is 1. The zero-order valence-electron chi connectivity index (χ0n) is 8.79. The second-order valence-corrected chi connectivity index (χ2v) is 5.38. The molecular formula is C11H11BrN2OS. The Bertz CT molecular complexity index is 524. The number of rotatable bonds is 3. The molecule has 1 aromatic heterocycles. The number of nitrogens with one attached hydrogen (secondary N) is 1. The van der Waals surface area contributed by atoms with Gasteiger partial charge in [-0.05, 0) is 24.6 Å². The van der Waals surface area contributed by atoms with E-state index < -0.39 is 0 Å². The van der Waals surface area contributed by atoms with E-state index in [0.717, 1.165) is 21.1 Å². The van der Waals surface area contributed by atoms with Gasteiger partial charge >= 0.3 is 0 Å². The summed E-state index contributed by atoms with van der Waals surface area (Å²) in [6.07, 6.45) is 1.39. The summed E-state index contributed by atoms with van der Waals surface area (Å²) in [6.45, 7) is 1.98. The first-order chi connectivity index (χ1) is 7.69. The van der Waals surface area contributed by atoms with Crippen LogP contribution in [0.25, 0.3) is 10.2 Å². The van der Waals surface area contributed by atoms with Gasteiger partial charge in [0, 0.05) is 10.9 Å². The number of carbonyl (C=O) groups excluding carboxylic acids is 1. The Balaban J connectivity index is 2.23. The molecule has 0 radical (unpaired) electrons. The fraction of sp³-hybridized carbons (Fsp3) is 0.273. The van der Waals surface area contributed by atoms with Crippen LogP contribution >= 0.6 is 27.3 Å². The lowest BCUT2D eigenvalue weighted by Crippen LogP contribution is -2.09. The summed E-state index contributed by atoms with van der Waals surface area (Å²) in [4.78, 5) is 15.7. The molecule has 0 bridgehead atoms. The number of halogens is 1. The van der Waals surface area contributed by atoms with Gasteiger partial charge in [-0.2, -0.15) is 0 Å². The third-order valence-corrected chi connectivity index (χ3v) is 3.50. The molecule has 0 unspecified atom stereocenters. The van der Waals surface area contributed by atoms with Gasteiger partial charge < -0.3 is 5.32 Å². The monoisotopic (exact) mass is 298 g/mol. The highest BCUT2D eigenvalue weighted by molar-refractivity contribution is 9.10. The largest absolute Gasteiger partial charge is 0.302 e. The predicted octanol–water partition coefficient (Wildman–Crippen LogP) is 3.80. The summed E-state index contributed by atoms with van der Waals surface area (Å²) < 4.78 is 2.09. The summed E-state index contributed by atoms with van der Waals surface area (Å²) >= 11 is 4.90. The van der Waals surface area contributed by atoms with E-state index in [9.17, 15) is 4.79 Å². The molecule has 84 valence electrons. The average molecular weight is 299 g/mol. The average Bonchev–Trinajstić information content (AvgIpc) is 2.59. The van der Waals surface area contributed by atoms with E-state index in [0.29, 0.717) is 11.6 Å². The van der Waals surface area contributed by atoms with Crippen LogP contribution in [0.15, 0.2) is 22.7 Å². The topological polar surface area (TPSA) is 42.0 Å². The van der Waals surface area contributed by atoms with Crippen molar-refractivity contribution >= 4 is 48.5 Å². The smallest absolute Gasteiger partial charge is 0.226 e. The van der Waals surface area contributed by atoms with Crippen LogP contribution in [0.1, 0.15) is 19.8 Å². The Morgan fingerprint density at radius 1 is 1.56 bits per heavy atom. The molecule has 0 saturated heterocycles. The molecule has 1 amide bonds. The van der Waals surface area contributed by atoms with Crippen LogP contribution in [0.2, 0.25) is 0 Å². The van der Waals surface area contributed by atoms with Gasteiger partial charge in [0.05, 0.1) is 10.2 Å². The number of nitrogens with zero attached hydrogens (tertiary/aromatic N) is 1. The minimum Gasteiger partial charge on any atom is -0.302 e. The molecule has 2 aromatic rings. The van der Waals surface area contributed by atoms with Crippen molar-refractivity contribution in [1.82, 2.24) is 4.98 Å².